The Hall–Kier alpha value is -3.38. The molecule has 4 aromatic rings. The van der Waals surface area contributed by atoms with Crippen molar-refractivity contribution in [1.29, 1.82) is 0 Å². The number of benzene rings is 2. The number of nitrogens with zero attached hydrogens (tertiary/aromatic N) is 4. The van der Waals surface area contributed by atoms with Crippen molar-refractivity contribution in [2.24, 2.45) is 0 Å². The van der Waals surface area contributed by atoms with Crippen molar-refractivity contribution >= 4 is 16.7 Å². The summed E-state index contributed by atoms with van der Waals surface area (Å²) in [4.78, 5) is 10.1. The molecule has 1 aliphatic heterocycles. The van der Waals surface area contributed by atoms with E-state index in [0.717, 1.165) is 72.8 Å². The number of ether oxygens (including phenoxy) is 1. The molecule has 35 heavy (non-hydrogen) atoms. The average molecular weight is 468 g/mol. The van der Waals surface area contributed by atoms with Crippen LogP contribution in [-0.2, 0) is 12.8 Å². The fourth-order valence-corrected chi connectivity index (χ4v) is 5.65. The number of piperazine rings is 1. The van der Waals surface area contributed by atoms with E-state index in [1.807, 2.05) is 6.07 Å². The molecule has 0 spiro atoms. The number of pyridine rings is 1. The molecule has 6 rings (SSSR count). The lowest BCUT2D eigenvalue weighted by atomic mass is 9.99. The van der Waals surface area contributed by atoms with Gasteiger partial charge in [0.2, 0.25) is 0 Å². The summed E-state index contributed by atoms with van der Waals surface area (Å²) in [5.41, 5.74) is 9.93. The third kappa shape index (κ3) is 3.96. The van der Waals surface area contributed by atoms with Crippen LogP contribution in [-0.4, -0.2) is 59.4 Å². The largest absolute Gasteiger partial charge is 0.494 e. The van der Waals surface area contributed by atoms with Gasteiger partial charge >= 0.3 is 0 Å². The fraction of sp³-hybridized carbons (Fsp3) is 0.379. The molecule has 2 aliphatic rings. The summed E-state index contributed by atoms with van der Waals surface area (Å²) in [7, 11) is 1.71. The minimum atomic E-state index is 0.612. The molecule has 1 N–H and O–H groups in total. The van der Waals surface area contributed by atoms with E-state index in [0.29, 0.717) is 6.04 Å². The van der Waals surface area contributed by atoms with Crippen molar-refractivity contribution < 1.29 is 4.74 Å². The van der Waals surface area contributed by atoms with Gasteiger partial charge in [0.05, 0.1) is 12.6 Å². The normalized spacial score (nSPS) is 16.3. The minimum absolute atomic E-state index is 0.612. The summed E-state index contributed by atoms with van der Waals surface area (Å²) >= 11 is 0. The van der Waals surface area contributed by atoms with Crippen LogP contribution in [0.5, 0.6) is 5.75 Å². The van der Waals surface area contributed by atoms with E-state index in [1.165, 1.54) is 28.8 Å². The first-order valence-corrected chi connectivity index (χ1v) is 12.8. The molecule has 0 amide bonds. The van der Waals surface area contributed by atoms with Crippen LogP contribution in [0.2, 0.25) is 0 Å². The zero-order valence-electron chi connectivity index (χ0n) is 20.8. The minimum Gasteiger partial charge on any atom is -0.494 e. The number of rotatable bonds is 5. The summed E-state index contributed by atoms with van der Waals surface area (Å²) in [6, 6.07) is 18.0. The summed E-state index contributed by atoms with van der Waals surface area (Å²) in [5.74, 6) is 0.781. The summed E-state index contributed by atoms with van der Waals surface area (Å²) in [6.07, 6.45) is 3.44. The Morgan fingerprint density at radius 3 is 2.49 bits per heavy atom. The predicted octanol–water partition coefficient (Wildman–Crippen LogP) is 5.32. The van der Waals surface area contributed by atoms with Crippen LogP contribution in [0, 0.1) is 0 Å². The number of aryl methyl sites for hydroxylation is 1. The predicted molar refractivity (Wildman–Crippen MR) is 142 cm³/mol. The third-order valence-corrected chi connectivity index (χ3v) is 7.67. The number of aromatic amines is 1. The molecular formula is C29H33N5O. The van der Waals surface area contributed by atoms with Gasteiger partial charge in [0.1, 0.15) is 22.7 Å². The first kappa shape index (κ1) is 22.1. The molecule has 1 fully saturated rings. The zero-order valence-corrected chi connectivity index (χ0v) is 20.8. The Morgan fingerprint density at radius 1 is 0.943 bits per heavy atom. The molecule has 1 aliphatic carbocycles. The molecule has 2 aromatic carbocycles. The molecule has 0 saturated carbocycles. The Labute approximate surface area is 206 Å². The van der Waals surface area contributed by atoms with Crippen LogP contribution in [0.4, 0.5) is 5.69 Å². The highest BCUT2D eigenvalue weighted by molar-refractivity contribution is 5.93. The Morgan fingerprint density at radius 2 is 1.74 bits per heavy atom. The van der Waals surface area contributed by atoms with Gasteiger partial charge in [-0.05, 0) is 56.4 Å². The second-order valence-electron chi connectivity index (χ2n) is 9.97. The quantitative estimate of drug-likeness (QED) is 0.431. The van der Waals surface area contributed by atoms with Gasteiger partial charge in [-0.1, -0.05) is 30.3 Å². The highest BCUT2D eigenvalue weighted by Gasteiger charge is 2.22. The number of aromatic nitrogens is 3. The lowest BCUT2D eigenvalue weighted by Crippen LogP contribution is -2.48. The van der Waals surface area contributed by atoms with Crippen LogP contribution in [0.15, 0.2) is 48.5 Å². The van der Waals surface area contributed by atoms with Crippen LogP contribution in [0.3, 0.4) is 0 Å². The van der Waals surface area contributed by atoms with Crippen LogP contribution < -0.4 is 9.64 Å². The zero-order chi connectivity index (χ0) is 23.9. The van der Waals surface area contributed by atoms with Gasteiger partial charge in [-0.15, -0.1) is 0 Å². The number of hydrogen-bond acceptors (Lipinski definition) is 5. The molecule has 3 heterocycles. The number of hydrogen-bond donors (Lipinski definition) is 1. The Kier molecular flexibility index (Phi) is 5.69. The first-order chi connectivity index (χ1) is 17.1. The van der Waals surface area contributed by atoms with Gasteiger partial charge < -0.3 is 9.64 Å². The Balaban J connectivity index is 1.34. The van der Waals surface area contributed by atoms with Gasteiger partial charge in [0.25, 0.3) is 0 Å². The molecule has 180 valence electrons. The molecule has 2 aromatic heterocycles. The molecule has 6 heteroatoms. The van der Waals surface area contributed by atoms with Gasteiger partial charge in [0, 0.05) is 55.1 Å². The van der Waals surface area contributed by atoms with Gasteiger partial charge in [-0.3, -0.25) is 10.00 Å². The number of anilines is 1. The van der Waals surface area contributed by atoms with E-state index in [4.69, 9.17) is 9.72 Å². The topological polar surface area (TPSA) is 57.3 Å². The Bertz CT molecular complexity index is 1350. The summed E-state index contributed by atoms with van der Waals surface area (Å²) in [5, 5.41) is 7.83. The van der Waals surface area contributed by atoms with E-state index in [9.17, 15) is 0 Å². The third-order valence-electron chi connectivity index (χ3n) is 7.67. The average Bonchev–Trinajstić information content (AvgIpc) is 3.55. The number of fused-ring (bicyclic) bond motifs is 2. The van der Waals surface area contributed by atoms with Gasteiger partial charge in [0.15, 0.2) is 0 Å². The van der Waals surface area contributed by atoms with Crippen molar-refractivity contribution in [3.05, 3.63) is 59.7 Å². The van der Waals surface area contributed by atoms with Crippen molar-refractivity contribution in [3.63, 3.8) is 0 Å². The van der Waals surface area contributed by atoms with Crippen molar-refractivity contribution in [1.82, 2.24) is 20.1 Å². The summed E-state index contributed by atoms with van der Waals surface area (Å²) in [6.45, 7) is 8.91. The number of nitrogens with one attached hydrogen (secondary N) is 1. The lowest BCUT2D eigenvalue weighted by molar-refractivity contribution is 0.209. The van der Waals surface area contributed by atoms with Crippen LogP contribution in [0.1, 0.15) is 31.4 Å². The van der Waals surface area contributed by atoms with Crippen LogP contribution in [0.25, 0.3) is 33.5 Å². The van der Waals surface area contributed by atoms with E-state index in [2.05, 4.69) is 76.3 Å². The van der Waals surface area contributed by atoms with E-state index in [1.54, 1.807) is 7.11 Å². The molecular weight excluding hydrogens is 434 g/mol. The van der Waals surface area contributed by atoms with E-state index in [-0.39, 0.29) is 0 Å². The fourth-order valence-electron chi connectivity index (χ4n) is 5.65. The van der Waals surface area contributed by atoms with Gasteiger partial charge in [-0.25, -0.2) is 4.98 Å². The van der Waals surface area contributed by atoms with E-state index >= 15 is 0 Å². The summed E-state index contributed by atoms with van der Waals surface area (Å²) < 4.78 is 5.77. The first-order valence-electron chi connectivity index (χ1n) is 12.8. The molecule has 6 nitrogen and oxygen atoms in total. The smallest absolute Gasteiger partial charge is 0.147 e. The maximum Gasteiger partial charge on any atom is 0.147 e. The molecule has 0 bridgehead atoms. The molecule has 0 atom stereocenters. The van der Waals surface area contributed by atoms with E-state index < -0.39 is 0 Å². The monoisotopic (exact) mass is 467 g/mol. The SMILES string of the molecule is COc1cc2[nH]nc(-c3ccc(N4CCN(C(C)C)CC4)cc3)c2nc1-c1cccc2c1CCC2. The maximum absolute atomic E-state index is 5.77. The number of H-pyrrole nitrogens is 1. The molecule has 0 radical (unpaired) electrons. The highest BCUT2D eigenvalue weighted by Crippen LogP contribution is 2.39. The van der Waals surface area contributed by atoms with Crippen molar-refractivity contribution in [2.75, 3.05) is 38.2 Å². The van der Waals surface area contributed by atoms with Crippen LogP contribution >= 0.6 is 0 Å². The maximum atomic E-state index is 5.77. The molecule has 0 unspecified atom stereocenters. The second kappa shape index (κ2) is 9.00. The second-order valence-corrected chi connectivity index (χ2v) is 9.97. The van der Waals surface area contributed by atoms with Crippen molar-refractivity contribution in [3.8, 4) is 28.3 Å². The number of methoxy groups -OCH3 is 1. The van der Waals surface area contributed by atoms with Gasteiger partial charge in [-0.2, -0.15) is 5.10 Å². The standard InChI is InChI=1S/C29H33N5O/c1-19(2)33-14-16-34(17-15-33)22-12-10-21(11-13-22)27-29-25(31-32-27)18-26(35-3)28(30-29)24-9-5-7-20-6-4-8-23(20)24/h5,7,9-13,18-19H,4,6,8,14-17H2,1-3H3,(H,31,32). The van der Waals surface area contributed by atoms with Crippen molar-refractivity contribution in [2.45, 2.75) is 39.2 Å². The highest BCUT2D eigenvalue weighted by atomic mass is 16.5. The lowest BCUT2D eigenvalue weighted by Gasteiger charge is -2.38. The molecule has 1 saturated heterocycles.